The minimum atomic E-state index is -0.371. The summed E-state index contributed by atoms with van der Waals surface area (Å²) in [5.41, 5.74) is 0.550. The normalized spacial score (nSPS) is 13.1. The van der Waals surface area contributed by atoms with Crippen LogP contribution in [0, 0.1) is 17.0 Å². The molecule has 17 heavy (non-hydrogen) atoms. The fraction of sp³-hybridized carbons (Fsp3) is 0.700. The molecule has 0 N–H and O–H groups in total. The Balaban J connectivity index is 3.25. The SMILES string of the molecule is Cc1nn(C(C)C)c(SC(C)CCl)c1[N+](=O)[O-]. The van der Waals surface area contributed by atoms with Gasteiger partial charge in [0.1, 0.15) is 5.69 Å². The van der Waals surface area contributed by atoms with Crippen molar-refractivity contribution in [2.75, 3.05) is 5.88 Å². The average molecular weight is 278 g/mol. The second kappa shape index (κ2) is 5.73. The lowest BCUT2D eigenvalue weighted by Crippen LogP contribution is -2.07. The highest BCUT2D eigenvalue weighted by atomic mass is 35.5. The van der Waals surface area contributed by atoms with Crippen LogP contribution < -0.4 is 0 Å². The molecule has 1 unspecified atom stereocenters. The maximum absolute atomic E-state index is 11.1. The molecule has 5 nitrogen and oxygen atoms in total. The summed E-state index contributed by atoms with van der Waals surface area (Å²) in [5, 5.41) is 16.0. The van der Waals surface area contributed by atoms with E-state index in [-0.39, 0.29) is 21.9 Å². The van der Waals surface area contributed by atoms with Gasteiger partial charge in [-0.15, -0.1) is 11.6 Å². The Labute approximate surface area is 110 Å². The van der Waals surface area contributed by atoms with Crippen molar-refractivity contribution >= 4 is 29.1 Å². The first-order chi connectivity index (χ1) is 7.88. The van der Waals surface area contributed by atoms with Crippen molar-refractivity contribution in [1.82, 2.24) is 9.78 Å². The van der Waals surface area contributed by atoms with Crippen LogP contribution in [0.15, 0.2) is 5.03 Å². The highest BCUT2D eigenvalue weighted by Gasteiger charge is 2.27. The number of rotatable bonds is 5. The lowest BCUT2D eigenvalue weighted by Gasteiger charge is -2.12. The summed E-state index contributed by atoms with van der Waals surface area (Å²) in [4.78, 5) is 10.7. The average Bonchev–Trinajstić information content (AvgIpc) is 2.55. The monoisotopic (exact) mass is 277 g/mol. The molecule has 7 heteroatoms. The summed E-state index contributed by atoms with van der Waals surface area (Å²) in [6, 6.07) is 0.0902. The van der Waals surface area contributed by atoms with Crippen LogP contribution in [0.1, 0.15) is 32.5 Å². The largest absolute Gasteiger partial charge is 0.323 e. The van der Waals surface area contributed by atoms with Gasteiger partial charge in [-0.25, -0.2) is 4.68 Å². The standard InChI is InChI=1S/C10H16ClN3O2S/c1-6(2)13-10(17-7(3)5-11)9(14(15)16)8(4)12-13/h6-7H,5H2,1-4H3. The van der Waals surface area contributed by atoms with E-state index >= 15 is 0 Å². The van der Waals surface area contributed by atoms with Crippen molar-refractivity contribution < 1.29 is 4.92 Å². The van der Waals surface area contributed by atoms with Crippen LogP contribution in [-0.2, 0) is 0 Å². The van der Waals surface area contributed by atoms with Crippen molar-refractivity contribution in [3.63, 3.8) is 0 Å². The molecule has 1 aromatic heterocycles. The summed E-state index contributed by atoms with van der Waals surface area (Å²) in [6.07, 6.45) is 0. The number of halogens is 1. The zero-order chi connectivity index (χ0) is 13.2. The number of aromatic nitrogens is 2. The number of hydrogen-bond acceptors (Lipinski definition) is 4. The molecule has 0 aliphatic carbocycles. The van der Waals surface area contributed by atoms with Gasteiger partial charge in [-0.3, -0.25) is 10.1 Å². The van der Waals surface area contributed by atoms with Crippen molar-refractivity contribution in [2.24, 2.45) is 0 Å². The minimum Gasteiger partial charge on any atom is -0.258 e. The lowest BCUT2D eigenvalue weighted by atomic mass is 10.4. The van der Waals surface area contributed by atoms with Gasteiger partial charge in [0.15, 0.2) is 5.03 Å². The Morgan fingerprint density at radius 2 is 2.12 bits per heavy atom. The van der Waals surface area contributed by atoms with E-state index in [0.717, 1.165) is 0 Å². The van der Waals surface area contributed by atoms with Gasteiger partial charge in [0.05, 0.1) is 4.92 Å². The predicted molar refractivity (Wildman–Crippen MR) is 70.0 cm³/mol. The van der Waals surface area contributed by atoms with Crippen LogP contribution in [0.2, 0.25) is 0 Å². The zero-order valence-corrected chi connectivity index (χ0v) is 11.9. The van der Waals surface area contributed by atoms with E-state index in [1.165, 1.54) is 11.8 Å². The maximum atomic E-state index is 11.1. The van der Waals surface area contributed by atoms with E-state index in [4.69, 9.17) is 11.6 Å². The van der Waals surface area contributed by atoms with Gasteiger partial charge < -0.3 is 0 Å². The Kier molecular flexibility index (Phi) is 4.82. The Hall–Kier alpha value is -0.750. The van der Waals surface area contributed by atoms with E-state index in [0.29, 0.717) is 16.6 Å². The summed E-state index contributed by atoms with van der Waals surface area (Å²) < 4.78 is 1.70. The number of nitro groups is 1. The number of hydrogen-bond donors (Lipinski definition) is 0. The maximum Gasteiger partial charge on any atom is 0.323 e. The quantitative estimate of drug-likeness (QED) is 0.358. The summed E-state index contributed by atoms with van der Waals surface area (Å²) in [6.45, 7) is 7.50. The predicted octanol–water partition coefficient (Wildman–Crippen LogP) is 3.40. The first kappa shape index (κ1) is 14.3. The smallest absolute Gasteiger partial charge is 0.258 e. The van der Waals surface area contributed by atoms with Gasteiger partial charge in [-0.2, -0.15) is 5.10 Å². The molecule has 0 aliphatic rings. The Bertz CT molecular complexity index is 420. The van der Waals surface area contributed by atoms with Crippen LogP contribution >= 0.6 is 23.4 Å². The molecule has 0 saturated carbocycles. The van der Waals surface area contributed by atoms with Crippen molar-refractivity contribution in [3.05, 3.63) is 15.8 Å². The summed E-state index contributed by atoms with van der Waals surface area (Å²) >= 11 is 7.15. The molecule has 1 heterocycles. The summed E-state index contributed by atoms with van der Waals surface area (Å²) in [7, 11) is 0. The fourth-order valence-corrected chi connectivity index (χ4v) is 2.74. The zero-order valence-electron chi connectivity index (χ0n) is 10.3. The van der Waals surface area contributed by atoms with Crippen LogP contribution in [-0.4, -0.2) is 25.8 Å². The highest BCUT2D eigenvalue weighted by molar-refractivity contribution is 8.00. The first-order valence-electron chi connectivity index (χ1n) is 5.34. The van der Waals surface area contributed by atoms with Gasteiger partial charge in [0.2, 0.25) is 0 Å². The van der Waals surface area contributed by atoms with Crippen molar-refractivity contribution in [1.29, 1.82) is 0 Å². The van der Waals surface area contributed by atoms with E-state index in [9.17, 15) is 10.1 Å². The van der Waals surface area contributed by atoms with Crippen LogP contribution in [0.5, 0.6) is 0 Å². The van der Waals surface area contributed by atoms with Gasteiger partial charge in [0.25, 0.3) is 0 Å². The van der Waals surface area contributed by atoms with Crippen LogP contribution in [0.25, 0.3) is 0 Å². The third kappa shape index (κ3) is 3.13. The third-order valence-corrected chi connectivity index (χ3v) is 4.03. The molecular formula is C10H16ClN3O2S. The number of thioether (sulfide) groups is 1. The highest BCUT2D eigenvalue weighted by Crippen LogP contribution is 2.36. The molecule has 0 spiro atoms. The van der Waals surface area contributed by atoms with Crippen LogP contribution in [0.4, 0.5) is 5.69 Å². The number of nitrogens with zero attached hydrogens (tertiary/aromatic N) is 3. The Morgan fingerprint density at radius 1 is 1.53 bits per heavy atom. The van der Waals surface area contributed by atoms with Gasteiger partial charge in [-0.1, -0.05) is 18.7 Å². The van der Waals surface area contributed by atoms with Gasteiger partial charge in [0, 0.05) is 17.2 Å². The van der Waals surface area contributed by atoms with E-state index in [2.05, 4.69) is 5.10 Å². The first-order valence-corrected chi connectivity index (χ1v) is 6.76. The van der Waals surface area contributed by atoms with Gasteiger partial charge in [-0.05, 0) is 20.8 Å². The molecule has 0 aromatic carbocycles. The molecule has 96 valence electrons. The van der Waals surface area contributed by atoms with Gasteiger partial charge >= 0.3 is 5.69 Å². The molecule has 1 atom stereocenters. The molecule has 0 radical (unpaired) electrons. The fourth-order valence-electron chi connectivity index (χ4n) is 1.41. The third-order valence-electron chi connectivity index (χ3n) is 2.21. The van der Waals surface area contributed by atoms with E-state index in [1.54, 1.807) is 11.6 Å². The molecule has 0 fully saturated rings. The lowest BCUT2D eigenvalue weighted by molar-refractivity contribution is -0.388. The number of alkyl halides is 1. The van der Waals surface area contributed by atoms with Crippen molar-refractivity contribution in [3.8, 4) is 0 Å². The molecule has 0 saturated heterocycles. The van der Waals surface area contributed by atoms with E-state index in [1.807, 2.05) is 20.8 Å². The van der Waals surface area contributed by atoms with E-state index < -0.39 is 0 Å². The molecular weight excluding hydrogens is 262 g/mol. The topological polar surface area (TPSA) is 61.0 Å². The number of aryl methyl sites for hydroxylation is 1. The molecule has 1 aromatic rings. The van der Waals surface area contributed by atoms with Crippen molar-refractivity contribution in [2.45, 2.75) is 44.0 Å². The van der Waals surface area contributed by atoms with Crippen LogP contribution in [0.3, 0.4) is 0 Å². The molecule has 0 amide bonds. The molecule has 1 rings (SSSR count). The molecule has 0 aliphatic heterocycles. The molecule has 0 bridgehead atoms. The second-order valence-electron chi connectivity index (χ2n) is 4.12. The second-order valence-corrected chi connectivity index (χ2v) is 5.85. The Morgan fingerprint density at radius 3 is 2.53 bits per heavy atom. The summed E-state index contributed by atoms with van der Waals surface area (Å²) in [5.74, 6) is 0.449. The minimum absolute atomic E-state index is 0.0902.